The van der Waals surface area contributed by atoms with Crippen LogP contribution in [0.5, 0.6) is 11.5 Å². The summed E-state index contributed by atoms with van der Waals surface area (Å²) in [5.41, 5.74) is 0.187. The minimum atomic E-state index is -4.15. The molecule has 3 aromatic carbocycles. The lowest BCUT2D eigenvalue weighted by atomic mass is 10.1. The number of methoxy groups -OCH3 is 1. The van der Waals surface area contributed by atoms with Crippen molar-refractivity contribution in [2.45, 2.75) is 4.90 Å². The highest BCUT2D eigenvalue weighted by molar-refractivity contribution is 7.87. The molecule has 0 fully saturated rings. The van der Waals surface area contributed by atoms with E-state index in [2.05, 4.69) is 4.99 Å². The number of ether oxygens (including phenoxy) is 2. The SMILES string of the molecule is COc1ccc(S(=O)(=O)Oc2ccccc2/C=C2\N=C(c3ccccc3F)OC2=O)cc1. The van der Waals surface area contributed by atoms with Crippen LogP contribution < -0.4 is 8.92 Å². The molecule has 1 aliphatic rings. The van der Waals surface area contributed by atoms with Gasteiger partial charge in [0, 0.05) is 5.56 Å². The number of carbonyl (C=O) groups is 1. The third-order valence-electron chi connectivity index (χ3n) is 4.48. The van der Waals surface area contributed by atoms with E-state index < -0.39 is 21.9 Å². The van der Waals surface area contributed by atoms with E-state index in [1.54, 1.807) is 24.3 Å². The molecule has 0 spiro atoms. The van der Waals surface area contributed by atoms with Crippen molar-refractivity contribution in [1.29, 1.82) is 0 Å². The number of hydrogen-bond acceptors (Lipinski definition) is 7. The second-order valence-electron chi connectivity index (χ2n) is 6.57. The fraction of sp³-hybridized carbons (Fsp3) is 0.0435. The van der Waals surface area contributed by atoms with Crippen molar-refractivity contribution in [3.05, 3.63) is 95.4 Å². The second-order valence-corrected chi connectivity index (χ2v) is 8.11. The van der Waals surface area contributed by atoms with Crippen LogP contribution in [0.1, 0.15) is 11.1 Å². The monoisotopic (exact) mass is 453 g/mol. The number of rotatable bonds is 6. The Balaban J connectivity index is 1.66. The summed E-state index contributed by atoms with van der Waals surface area (Å²) in [5, 5.41) is 0. The van der Waals surface area contributed by atoms with Gasteiger partial charge in [-0.15, -0.1) is 0 Å². The maximum atomic E-state index is 14.0. The zero-order chi connectivity index (χ0) is 22.7. The summed E-state index contributed by atoms with van der Waals surface area (Å²) < 4.78 is 54.8. The number of aliphatic imine (C=N–C) groups is 1. The molecule has 0 unspecified atom stereocenters. The number of nitrogens with zero attached hydrogens (tertiary/aromatic N) is 1. The largest absolute Gasteiger partial charge is 0.497 e. The van der Waals surface area contributed by atoms with Crippen LogP contribution >= 0.6 is 0 Å². The highest BCUT2D eigenvalue weighted by Gasteiger charge is 2.26. The summed E-state index contributed by atoms with van der Waals surface area (Å²) >= 11 is 0. The standard InChI is InChI=1S/C23H16FNO6S/c1-29-16-10-12-17(13-11-16)32(27,28)31-21-9-5-2-6-15(21)14-20-23(26)30-22(25-20)18-7-3-4-8-19(18)24/h2-14H,1H3/b20-14-. The molecule has 0 bridgehead atoms. The smallest absolute Gasteiger partial charge is 0.363 e. The Morgan fingerprint density at radius 3 is 2.38 bits per heavy atom. The van der Waals surface area contributed by atoms with Gasteiger partial charge in [0.2, 0.25) is 5.90 Å². The summed E-state index contributed by atoms with van der Waals surface area (Å²) in [7, 11) is -2.68. The van der Waals surface area contributed by atoms with Gasteiger partial charge in [-0.2, -0.15) is 8.42 Å². The van der Waals surface area contributed by atoms with Crippen LogP contribution in [0.25, 0.3) is 6.08 Å². The van der Waals surface area contributed by atoms with Crippen molar-refractivity contribution < 1.29 is 31.3 Å². The maximum Gasteiger partial charge on any atom is 0.363 e. The van der Waals surface area contributed by atoms with Crippen LogP contribution in [-0.4, -0.2) is 27.4 Å². The molecule has 0 aliphatic carbocycles. The molecule has 0 saturated heterocycles. The first-order valence-electron chi connectivity index (χ1n) is 9.32. The van der Waals surface area contributed by atoms with Crippen molar-refractivity contribution in [2.75, 3.05) is 7.11 Å². The lowest BCUT2D eigenvalue weighted by Crippen LogP contribution is -2.10. The summed E-state index contributed by atoms with van der Waals surface area (Å²) in [4.78, 5) is 16.2. The minimum Gasteiger partial charge on any atom is -0.497 e. The molecule has 0 amide bonds. The van der Waals surface area contributed by atoms with E-state index in [1.807, 2.05) is 0 Å². The van der Waals surface area contributed by atoms with Gasteiger partial charge in [0.25, 0.3) is 0 Å². The van der Waals surface area contributed by atoms with E-state index in [0.29, 0.717) is 5.75 Å². The first-order chi connectivity index (χ1) is 15.4. The molecule has 0 saturated carbocycles. The summed E-state index contributed by atoms with van der Waals surface area (Å²) in [5.74, 6) is -1.08. The molecule has 1 heterocycles. The fourth-order valence-electron chi connectivity index (χ4n) is 2.89. The van der Waals surface area contributed by atoms with Gasteiger partial charge < -0.3 is 13.7 Å². The number of carbonyl (C=O) groups excluding carboxylic acids is 1. The highest BCUT2D eigenvalue weighted by atomic mass is 32.2. The average Bonchev–Trinajstić information content (AvgIpc) is 3.15. The van der Waals surface area contributed by atoms with Crippen LogP contribution in [0.2, 0.25) is 0 Å². The van der Waals surface area contributed by atoms with Gasteiger partial charge in [-0.05, 0) is 48.5 Å². The Hall–Kier alpha value is -3.98. The summed E-state index contributed by atoms with van der Waals surface area (Å²) in [6.07, 6.45) is 1.31. The van der Waals surface area contributed by atoms with Crippen LogP contribution in [0, 0.1) is 5.82 Å². The lowest BCUT2D eigenvalue weighted by molar-refractivity contribution is -0.129. The van der Waals surface area contributed by atoms with Crippen molar-refractivity contribution in [2.24, 2.45) is 4.99 Å². The number of benzene rings is 3. The summed E-state index contributed by atoms with van der Waals surface area (Å²) in [6.45, 7) is 0. The van der Waals surface area contributed by atoms with Crippen LogP contribution in [-0.2, 0) is 19.6 Å². The van der Waals surface area contributed by atoms with Crippen LogP contribution in [0.15, 0.2) is 88.4 Å². The normalized spacial score (nSPS) is 14.8. The number of halogens is 1. The Morgan fingerprint density at radius 1 is 0.969 bits per heavy atom. The van der Waals surface area contributed by atoms with Crippen LogP contribution in [0.3, 0.4) is 0 Å². The predicted molar refractivity (Wildman–Crippen MR) is 114 cm³/mol. The second kappa shape index (κ2) is 8.64. The topological polar surface area (TPSA) is 91.3 Å². The highest BCUT2D eigenvalue weighted by Crippen LogP contribution is 2.28. The number of hydrogen-bond donors (Lipinski definition) is 0. The van der Waals surface area contributed by atoms with Gasteiger partial charge in [-0.3, -0.25) is 0 Å². The zero-order valence-corrected chi connectivity index (χ0v) is 17.5. The Kier molecular flexibility index (Phi) is 5.74. The molecular formula is C23H16FNO6S. The molecule has 1 aliphatic heterocycles. The van der Waals surface area contributed by atoms with Crippen molar-refractivity contribution in [3.63, 3.8) is 0 Å². The Morgan fingerprint density at radius 2 is 1.66 bits per heavy atom. The van der Waals surface area contributed by atoms with E-state index in [0.717, 1.165) is 0 Å². The minimum absolute atomic E-state index is 0.0156. The first-order valence-corrected chi connectivity index (χ1v) is 10.7. The molecule has 3 aromatic rings. The quantitative estimate of drug-likeness (QED) is 0.319. The van der Waals surface area contributed by atoms with Gasteiger partial charge >= 0.3 is 16.1 Å². The molecule has 9 heteroatoms. The summed E-state index contributed by atoms with van der Waals surface area (Å²) in [6, 6.07) is 17.7. The van der Waals surface area contributed by atoms with E-state index in [9.17, 15) is 17.6 Å². The van der Waals surface area contributed by atoms with Gasteiger partial charge in [0.05, 0.1) is 12.7 Å². The molecule has 0 aromatic heterocycles. The van der Waals surface area contributed by atoms with Crippen LogP contribution in [0.4, 0.5) is 4.39 Å². The zero-order valence-electron chi connectivity index (χ0n) is 16.7. The van der Waals surface area contributed by atoms with Crippen molar-refractivity contribution in [1.82, 2.24) is 0 Å². The third-order valence-corrected chi connectivity index (χ3v) is 5.73. The lowest BCUT2D eigenvalue weighted by Gasteiger charge is -2.10. The van der Waals surface area contributed by atoms with E-state index in [-0.39, 0.29) is 33.4 Å². The molecule has 162 valence electrons. The molecular weight excluding hydrogens is 437 g/mol. The average molecular weight is 453 g/mol. The fourth-order valence-corrected chi connectivity index (χ4v) is 3.84. The number of esters is 1. The van der Waals surface area contributed by atoms with E-state index >= 15 is 0 Å². The molecule has 0 radical (unpaired) electrons. The first kappa shape index (κ1) is 21.3. The van der Waals surface area contributed by atoms with E-state index in [4.69, 9.17) is 13.7 Å². The Labute approximate surface area is 183 Å². The number of cyclic esters (lactones) is 1. The van der Waals surface area contributed by atoms with E-state index in [1.165, 1.54) is 61.7 Å². The predicted octanol–water partition coefficient (Wildman–Crippen LogP) is 3.95. The molecule has 0 N–H and O–H groups in total. The molecule has 7 nitrogen and oxygen atoms in total. The van der Waals surface area contributed by atoms with Crippen molar-refractivity contribution in [3.8, 4) is 11.5 Å². The van der Waals surface area contributed by atoms with Gasteiger partial charge in [0.15, 0.2) is 5.70 Å². The molecule has 0 atom stereocenters. The molecule has 32 heavy (non-hydrogen) atoms. The number of para-hydroxylation sites is 1. The van der Waals surface area contributed by atoms with Gasteiger partial charge in [-0.25, -0.2) is 14.2 Å². The van der Waals surface area contributed by atoms with Gasteiger partial charge in [-0.1, -0.05) is 30.3 Å². The van der Waals surface area contributed by atoms with Crippen molar-refractivity contribution >= 4 is 28.1 Å². The molecule has 4 rings (SSSR count). The third kappa shape index (κ3) is 4.37. The maximum absolute atomic E-state index is 14.0. The Bertz CT molecular complexity index is 1350. The van der Waals surface area contributed by atoms with Gasteiger partial charge in [0.1, 0.15) is 22.2 Å².